The van der Waals surface area contributed by atoms with Crippen molar-refractivity contribution in [1.29, 1.82) is 0 Å². The minimum atomic E-state index is -0.250. The van der Waals surface area contributed by atoms with Crippen molar-refractivity contribution < 1.29 is 14.7 Å². The van der Waals surface area contributed by atoms with Crippen LogP contribution in [0.2, 0.25) is 0 Å². The molecule has 1 unspecified atom stereocenters. The quantitative estimate of drug-likeness (QED) is 0.818. The summed E-state index contributed by atoms with van der Waals surface area (Å²) in [6, 6.07) is 8.39. The SMILES string of the molecule is CC(=O)N1CCCC(Nc2nnc(C)c3ccccc23)C1.O=CO. The van der Waals surface area contributed by atoms with Crippen LogP contribution in [0.3, 0.4) is 0 Å². The van der Waals surface area contributed by atoms with Gasteiger partial charge >= 0.3 is 0 Å². The van der Waals surface area contributed by atoms with Gasteiger partial charge in [-0.1, -0.05) is 24.3 Å². The highest BCUT2D eigenvalue weighted by Crippen LogP contribution is 2.24. The number of amides is 1. The summed E-state index contributed by atoms with van der Waals surface area (Å²) in [5.41, 5.74) is 0.935. The first-order chi connectivity index (χ1) is 11.6. The molecule has 0 saturated carbocycles. The van der Waals surface area contributed by atoms with Crippen LogP contribution in [0.5, 0.6) is 0 Å². The van der Waals surface area contributed by atoms with Gasteiger partial charge in [0.15, 0.2) is 5.82 Å². The molecule has 1 fully saturated rings. The second-order valence-electron chi connectivity index (χ2n) is 5.73. The van der Waals surface area contributed by atoms with Gasteiger partial charge in [0, 0.05) is 36.8 Å². The van der Waals surface area contributed by atoms with Crippen LogP contribution in [-0.4, -0.2) is 51.7 Å². The molecule has 1 saturated heterocycles. The van der Waals surface area contributed by atoms with Gasteiger partial charge < -0.3 is 15.3 Å². The molecule has 7 nitrogen and oxygen atoms in total. The van der Waals surface area contributed by atoms with Gasteiger partial charge in [-0.15, -0.1) is 5.10 Å². The molecule has 1 atom stereocenters. The van der Waals surface area contributed by atoms with Crippen LogP contribution in [0, 0.1) is 6.92 Å². The number of likely N-dealkylation sites (tertiary alicyclic amines) is 1. The largest absolute Gasteiger partial charge is 0.483 e. The van der Waals surface area contributed by atoms with Gasteiger partial charge in [0.05, 0.1) is 5.69 Å². The molecule has 1 aromatic heterocycles. The lowest BCUT2D eigenvalue weighted by molar-refractivity contribution is -0.129. The monoisotopic (exact) mass is 330 g/mol. The molecular weight excluding hydrogens is 308 g/mol. The van der Waals surface area contributed by atoms with E-state index in [1.807, 2.05) is 24.0 Å². The van der Waals surface area contributed by atoms with Crippen LogP contribution < -0.4 is 5.32 Å². The Morgan fingerprint density at radius 1 is 1.33 bits per heavy atom. The Balaban J connectivity index is 0.000000647. The molecule has 128 valence electrons. The molecule has 3 rings (SSSR count). The van der Waals surface area contributed by atoms with E-state index >= 15 is 0 Å². The van der Waals surface area contributed by atoms with Crippen molar-refractivity contribution in [3.63, 3.8) is 0 Å². The number of anilines is 1. The predicted molar refractivity (Wildman–Crippen MR) is 91.9 cm³/mol. The van der Waals surface area contributed by atoms with Gasteiger partial charge in [-0.05, 0) is 19.8 Å². The average molecular weight is 330 g/mol. The highest BCUT2D eigenvalue weighted by molar-refractivity contribution is 5.92. The van der Waals surface area contributed by atoms with Crippen molar-refractivity contribution in [2.24, 2.45) is 0 Å². The number of aromatic nitrogens is 2. The van der Waals surface area contributed by atoms with Crippen molar-refractivity contribution in [2.75, 3.05) is 18.4 Å². The number of carboxylic acid groups (broad SMARTS) is 1. The minimum absolute atomic E-state index is 0.140. The third-order valence-electron chi connectivity index (χ3n) is 4.08. The van der Waals surface area contributed by atoms with Gasteiger partial charge in [0.1, 0.15) is 0 Å². The first kappa shape index (κ1) is 17.7. The molecule has 1 aliphatic rings. The normalized spacial score (nSPS) is 16.9. The Labute approximate surface area is 140 Å². The lowest BCUT2D eigenvalue weighted by atomic mass is 10.0. The number of aryl methyl sites for hydroxylation is 1. The van der Waals surface area contributed by atoms with E-state index in [0.717, 1.165) is 48.2 Å². The fourth-order valence-electron chi connectivity index (χ4n) is 2.92. The fourth-order valence-corrected chi connectivity index (χ4v) is 2.92. The van der Waals surface area contributed by atoms with E-state index in [1.54, 1.807) is 6.92 Å². The van der Waals surface area contributed by atoms with E-state index in [9.17, 15) is 4.79 Å². The van der Waals surface area contributed by atoms with E-state index < -0.39 is 0 Å². The summed E-state index contributed by atoms with van der Waals surface area (Å²) in [4.78, 5) is 21.8. The Morgan fingerprint density at radius 2 is 2.00 bits per heavy atom. The van der Waals surface area contributed by atoms with Crippen LogP contribution in [0.25, 0.3) is 10.8 Å². The van der Waals surface area contributed by atoms with Crippen LogP contribution in [0.1, 0.15) is 25.5 Å². The average Bonchev–Trinajstić information content (AvgIpc) is 2.59. The number of hydrogen-bond acceptors (Lipinski definition) is 5. The lowest BCUT2D eigenvalue weighted by Gasteiger charge is -2.32. The molecule has 0 radical (unpaired) electrons. The minimum Gasteiger partial charge on any atom is -0.483 e. The molecule has 7 heteroatoms. The maximum absolute atomic E-state index is 11.5. The third kappa shape index (κ3) is 4.18. The van der Waals surface area contributed by atoms with E-state index in [2.05, 4.69) is 27.6 Å². The molecule has 2 aromatic rings. The molecule has 1 aliphatic heterocycles. The Bertz CT molecular complexity index is 720. The number of piperidine rings is 1. The second-order valence-corrected chi connectivity index (χ2v) is 5.73. The summed E-state index contributed by atoms with van der Waals surface area (Å²) in [5, 5.41) is 21.1. The van der Waals surface area contributed by atoms with Crippen LogP contribution in [-0.2, 0) is 9.59 Å². The number of carbonyl (C=O) groups is 2. The van der Waals surface area contributed by atoms with Gasteiger partial charge in [-0.3, -0.25) is 9.59 Å². The molecule has 2 N–H and O–H groups in total. The zero-order valence-corrected chi connectivity index (χ0v) is 13.9. The van der Waals surface area contributed by atoms with Crippen molar-refractivity contribution in [3.8, 4) is 0 Å². The third-order valence-corrected chi connectivity index (χ3v) is 4.08. The number of nitrogens with one attached hydrogen (secondary N) is 1. The predicted octanol–water partition coefficient (Wildman–Crippen LogP) is 2.06. The number of benzene rings is 1. The summed E-state index contributed by atoms with van der Waals surface area (Å²) in [6.45, 7) is 4.94. The zero-order chi connectivity index (χ0) is 17.5. The van der Waals surface area contributed by atoms with Gasteiger partial charge in [0.2, 0.25) is 5.91 Å². The van der Waals surface area contributed by atoms with E-state index in [4.69, 9.17) is 9.90 Å². The number of carbonyl (C=O) groups excluding carboxylic acids is 1. The number of fused-ring (bicyclic) bond motifs is 1. The van der Waals surface area contributed by atoms with E-state index in [0.29, 0.717) is 0 Å². The lowest BCUT2D eigenvalue weighted by Crippen LogP contribution is -2.44. The molecule has 0 bridgehead atoms. The Morgan fingerprint density at radius 3 is 2.67 bits per heavy atom. The summed E-state index contributed by atoms with van der Waals surface area (Å²) in [5.74, 6) is 0.952. The van der Waals surface area contributed by atoms with E-state index in [-0.39, 0.29) is 18.4 Å². The fraction of sp³-hybridized carbons (Fsp3) is 0.412. The Kier molecular flexibility index (Phi) is 6.06. The highest BCUT2D eigenvalue weighted by Gasteiger charge is 2.22. The van der Waals surface area contributed by atoms with Gasteiger partial charge in [-0.25, -0.2) is 0 Å². The van der Waals surface area contributed by atoms with Gasteiger partial charge in [0.25, 0.3) is 6.47 Å². The van der Waals surface area contributed by atoms with Crippen LogP contribution >= 0.6 is 0 Å². The number of hydrogen-bond donors (Lipinski definition) is 2. The molecule has 0 aliphatic carbocycles. The summed E-state index contributed by atoms with van der Waals surface area (Å²) < 4.78 is 0. The molecule has 24 heavy (non-hydrogen) atoms. The van der Waals surface area contributed by atoms with Gasteiger partial charge in [-0.2, -0.15) is 5.10 Å². The topological polar surface area (TPSA) is 95.4 Å². The highest BCUT2D eigenvalue weighted by atomic mass is 16.3. The summed E-state index contributed by atoms with van der Waals surface area (Å²) in [6.07, 6.45) is 2.07. The van der Waals surface area contributed by atoms with Crippen molar-refractivity contribution in [2.45, 2.75) is 32.7 Å². The van der Waals surface area contributed by atoms with Crippen LogP contribution in [0.4, 0.5) is 5.82 Å². The van der Waals surface area contributed by atoms with Crippen molar-refractivity contribution in [1.82, 2.24) is 15.1 Å². The van der Waals surface area contributed by atoms with Crippen molar-refractivity contribution in [3.05, 3.63) is 30.0 Å². The maximum atomic E-state index is 11.5. The standard InChI is InChI=1S/C16H20N4O.CH2O2/c1-11-14-7-3-4-8-15(14)16(19-18-11)17-13-6-5-9-20(10-13)12(2)21;2-1-3/h3-4,7-8,13H,5-6,9-10H2,1-2H3,(H,17,19);1H,(H,2,3). The second kappa shape index (κ2) is 8.24. The molecule has 0 spiro atoms. The maximum Gasteiger partial charge on any atom is 0.290 e. The smallest absolute Gasteiger partial charge is 0.290 e. The zero-order valence-electron chi connectivity index (χ0n) is 13.9. The number of nitrogens with zero attached hydrogens (tertiary/aromatic N) is 3. The first-order valence-corrected chi connectivity index (χ1v) is 7.88. The molecule has 2 heterocycles. The van der Waals surface area contributed by atoms with Crippen molar-refractivity contribution >= 4 is 29.0 Å². The molecule has 1 amide bonds. The van der Waals surface area contributed by atoms with Crippen LogP contribution in [0.15, 0.2) is 24.3 Å². The summed E-state index contributed by atoms with van der Waals surface area (Å²) >= 11 is 0. The first-order valence-electron chi connectivity index (χ1n) is 7.88. The Hall–Kier alpha value is -2.70. The number of rotatable bonds is 2. The molecular formula is C17H22N4O3. The molecule has 1 aromatic carbocycles. The summed E-state index contributed by atoms with van der Waals surface area (Å²) in [7, 11) is 0. The van der Waals surface area contributed by atoms with E-state index in [1.165, 1.54) is 0 Å².